The van der Waals surface area contributed by atoms with E-state index in [2.05, 4.69) is 13.8 Å². The Kier molecular flexibility index (Phi) is 5.72. The van der Waals surface area contributed by atoms with E-state index in [1.54, 1.807) is 7.11 Å². The quantitative estimate of drug-likeness (QED) is 0.843. The van der Waals surface area contributed by atoms with E-state index in [0.29, 0.717) is 18.3 Å². The van der Waals surface area contributed by atoms with Crippen LogP contribution in [0.25, 0.3) is 6.08 Å². The van der Waals surface area contributed by atoms with Crippen LogP contribution in [0.15, 0.2) is 23.8 Å². The largest absolute Gasteiger partial charge is 0.492 e. The van der Waals surface area contributed by atoms with Gasteiger partial charge in [0.25, 0.3) is 0 Å². The molecule has 0 aliphatic carbocycles. The van der Waals surface area contributed by atoms with Gasteiger partial charge in [-0.05, 0) is 30.6 Å². The van der Waals surface area contributed by atoms with Crippen molar-refractivity contribution in [3.63, 3.8) is 0 Å². The number of aliphatic hydroxyl groups is 1. The average molecular weight is 250 g/mol. The summed E-state index contributed by atoms with van der Waals surface area (Å²) in [5.74, 6) is 1.75. The maximum atomic E-state index is 9.35. The first-order valence-electron chi connectivity index (χ1n) is 6.25. The van der Waals surface area contributed by atoms with Gasteiger partial charge >= 0.3 is 0 Å². The molecule has 1 aromatic rings. The third-order valence-electron chi connectivity index (χ3n) is 2.78. The zero-order valence-electron chi connectivity index (χ0n) is 11.6. The number of methoxy groups -OCH3 is 1. The van der Waals surface area contributed by atoms with Gasteiger partial charge in [0.2, 0.25) is 0 Å². The molecule has 1 N–H and O–H groups in total. The summed E-state index contributed by atoms with van der Waals surface area (Å²) in [4.78, 5) is 0. The highest BCUT2D eigenvalue weighted by molar-refractivity contribution is 5.64. The predicted molar refractivity (Wildman–Crippen MR) is 74.1 cm³/mol. The summed E-state index contributed by atoms with van der Waals surface area (Å²) in [5.41, 5.74) is 1.91. The van der Waals surface area contributed by atoms with Crippen molar-refractivity contribution in [1.29, 1.82) is 0 Å². The number of aliphatic hydroxyl groups excluding tert-OH is 1. The highest BCUT2D eigenvalue weighted by Gasteiger charge is 2.10. The van der Waals surface area contributed by atoms with Crippen molar-refractivity contribution in [2.24, 2.45) is 5.92 Å². The third-order valence-corrected chi connectivity index (χ3v) is 2.78. The van der Waals surface area contributed by atoms with Crippen LogP contribution in [0.3, 0.4) is 0 Å². The lowest BCUT2D eigenvalue weighted by atomic mass is 10.0. The monoisotopic (exact) mass is 250 g/mol. The molecule has 0 aromatic heterocycles. The fourth-order valence-electron chi connectivity index (χ4n) is 1.73. The molecule has 0 fully saturated rings. The van der Waals surface area contributed by atoms with Crippen LogP contribution in [-0.2, 0) is 0 Å². The molecule has 3 heteroatoms. The molecule has 0 heterocycles. The van der Waals surface area contributed by atoms with Crippen molar-refractivity contribution >= 4 is 6.08 Å². The van der Waals surface area contributed by atoms with E-state index < -0.39 is 0 Å². The number of ether oxygens (including phenoxy) is 2. The van der Waals surface area contributed by atoms with E-state index in [1.165, 1.54) is 0 Å². The predicted octanol–water partition coefficient (Wildman–Crippen LogP) is 3.13. The summed E-state index contributed by atoms with van der Waals surface area (Å²) in [6.07, 6.45) is 1.96. The molecule has 100 valence electrons. The van der Waals surface area contributed by atoms with Gasteiger partial charge in [-0.2, -0.15) is 0 Å². The van der Waals surface area contributed by atoms with Gasteiger partial charge in [-0.1, -0.05) is 26.0 Å². The van der Waals surface area contributed by atoms with Crippen molar-refractivity contribution in [2.45, 2.75) is 20.8 Å². The summed E-state index contributed by atoms with van der Waals surface area (Å²) in [6.45, 7) is 6.71. The van der Waals surface area contributed by atoms with Gasteiger partial charge in [0.1, 0.15) is 0 Å². The van der Waals surface area contributed by atoms with Gasteiger partial charge < -0.3 is 14.6 Å². The summed E-state index contributed by atoms with van der Waals surface area (Å²) in [5, 5.41) is 9.35. The SMILES string of the molecule is CCOc1cccc(C=C(CO)C(C)C)c1OC. The second-order valence-corrected chi connectivity index (χ2v) is 4.34. The zero-order chi connectivity index (χ0) is 13.5. The zero-order valence-corrected chi connectivity index (χ0v) is 11.6. The number of benzene rings is 1. The van der Waals surface area contributed by atoms with E-state index in [0.717, 1.165) is 16.9 Å². The standard InChI is InChI=1S/C15H22O3/c1-5-18-14-8-6-7-12(15(14)17-4)9-13(10-16)11(2)3/h6-9,11,16H,5,10H2,1-4H3. The van der Waals surface area contributed by atoms with Crippen molar-refractivity contribution in [1.82, 2.24) is 0 Å². The molecule has 0 unspecified atom stereocenters. The molecule has 0 aliphatic rings. The normalized spacial score (nSPS) is 11.8. The van der Waals surface area contributed by atoms with E-state index in [4.69, 9.17) is 9.47 Å². The first-order valence-corrected chi connectivity index (χ1v) is 6.25. The molecule has 0 aliphatic heterocycles. The molecule has 0 spiro atoms. The minimum atomic E-state index is 0.0552. The molecule has 3 nitrogen and oxygen atoms in total. The van der Waals surface area contributed by atoms with Crippen LogP contribution in [0.1, 0.15) is 26.3 Å². The molecule has 18 heavy (non-hydrogen) atoms. The number of rotatable bonds is 6. The first-order chi connectivity index (χ1) is 8.63. The minimum Gasteiger partial charge on any atom is -0.492 e. The number of hydrogen-bond donors (Lipinski definition) is 1. The Morgan fingerprint density at radius 3 is 2.61 bits per heavy atom. The average Bonchev–Trinajstić information content (AvgIpc) is 2.36. The van der Waals surface area contributed by atoms with Crippen LogP contribution < -0.4 is 9.47 Å². The van der Waals surface area contributed by atoms with Gasteiger partial charge in [-0.15, -0.1) is 0 Å². The van der Waals surface area contributed by atoms with Crippen molar-refractivity contribution in [3.05, 3.63) is 29.3 Å². The third kappa shape index (κ3) is 3.50. The first kappa shape index (κ1) is 14.6. The molecule has 0 amide bonds. The lowest BCUT2D eigenvalue weighted by Gasteiger charge is -2.13. The van der Waals surface area contributed by atoms with E-state index in [9.17, 15) is 5.11 Å². The maximum absolute atomic E-state index is 9.35. The van der Waals surface area contributed by atoms with Crippen LogP contribution in [0.5, 0.6) is 11.5 Å². The Labute approximate surface area is 109 Å². The molecule has 0 bridgehead atoms. The molecule has 0 radical (unpaired) electrons. The Morgan fingerprint density at radius 1 is 1.39 bits per heavy atom. The Hall–Kier alpha value is -1.48. The summed E-state index contributed by atoms with van der Waals surface area (Å²) < 4.78 is 10.9. The second kappa shape index (κ2) is 7.07. The van der Waals surface area contributed by atoms with Crippen LogP contribution in [0, 0.1) is 5.92 Å². The van der Waals surface area contributed by atoms with Crippen LogP contribution in [-0.4, -0.2) is 25.4 Å². The van der Waals surface area contributed by atoms with E-state index >= 15 is 0 Å². The fourth-order valence-corrected chi connectivity index (χ4v) is 1.73. The van der Waals surface area contributed by atoms with Gasteiger partial charge in [-0.3, -0.25) is 0 Å². The maximum Gasteiger partial charge on any atom is 0.167 e. The summed E-state index contributed by atoms with van der Waals surface area (Å²) in [7, 11) is 1.63. The summed E-state index contributed by atoms with van der Waals surface area (Å²) >= 11 is 0. The van der Waals surface area contributed by atoms with Gasteiger partial charge in [0, 0.05) is 5.56 Å². The molecular weight excluding hydrogens is 228 g/mol. The Bertz CT molecular complexity index is 408. The van der Waals surface area contributed by atoms with Crippen molar-refractivity contribution in [2.75, 3.05) is 20.3 Å². The van der Waals surface area contributed by atoms with Crippen molar-refractivity contribution in [3.8, 4) is 11.5 Å². The van der Waals surface area contributed by atoms with Gasteiger partial charge in [-0.25, -0.2) is 0 Å². The minimum absolute atomic E-state index is 0.0552. The van der Waals surface area contributed by atoms with Crippen LogP contribution in [0.4, 0.5) is 0 Å². The smallest absolute Gasteiger partial charge is 0.167 e. The molecule has 0 saturated heterocycles. The highest BCUT2D eigenvalue weighted by Crippen LogP contribution is 2.33. The van der Waals surface area contributed by atoms with Crippen LogP contribution >= 0.6 is 0 Å². The lowest BCUT2D eigenvalue weighted by molar-refractivity contribution is 0.310. The fraction of sp³-hybridized carbons (Fsp3) is 0.467. The topological polar surface area (TPSA) is 38.7 Å². The molecule has 0 atom stereocenters. The van der Waals surface area contributed by atoms with E-state index in [-0.39, 0.29) is 6.61 Å². The highest BCUT2D eigenvalue weighted by atomic mass is 16.5. The van der Waals surface area contributed by atoms with Crippen LogP contribution in [0.2, 0.25) is 0 Å². The van der Waals surface area contributed by atoms with Gasteiger partial charge in [0.05, 0.1) is 20.3 Å². The Balaban J connectivity index is 3.19. The van der Waals surface area contributed by atoms with Gasteiger partial charge in [0.15, 0.2) is 11.5 Å². The lowest BCUT2D eigenvalue weighted by Crippen LogP contribution is -2.01. The molecule has 1 rings (SSSR count). The second-order valence-electron chi connectivity index (χ2n) is 4.34. The molecular formula is C15H22O3. The van der Waals surface area contributed by atoms with Crippen molar-refractivity contribution < 1.29 is 14.6 Å². The number of para-hydroxylation sites is 1. The number of hydrogen-bond acceptors (Lipinski definition) is 3. The molecule has 1 aromatic carbocycles. The summed E-state index contributed by atoms with van der Waals surface area (Å²) in [6, 6.07) is 5.77. The Morgan fingerprint density at radius 2 is 2.11 bits per heavy atom. The molecule has 0 saturated carbocycles. The van der Waals surface area contributed by atoms with E-state index in [1.807, 2.05) is 31.2 Å².